The van der Waals surface area contributed by atoms with E-state index in [4.69, 9.17) is 5.73 Å². The van der Waals surface area contributed by atoms with Crippen molar-refractivity contribution in [2.75, 3.05) is 0 Å². The molecule has 0 aliphatic rings. The Balaban J connectivity index is 1.94. The Morgan fingerprint density at radius 2 is 1.86 bits per heavy atom. The first-order valence-corrected chi connectivity index (χ1v) is 6.80. The van der Waals surface area contributed by atoms with Crippen LogP contribution in [0.25, 0.3) is 16.8 Å². The van der Waals surface area contributed by atoms with Crippen LogP contribution >= 0.6 is 0 Å². The van der Waals surface area contributed by atoms with Crippen molar-refractivity contribution in [1.29, 1.82) is 0 Å². The van der Waals surface area contributed by atoms with Gasteiger partial charge in [-0.05, 0) is 48.4 Å². The first-order chi connectivity index (χ1) is 10.1. The third-order valence-corrected chi connectivity index (χ3v) is 3.42. The molecule has 0 fully saturated rings. The van der Waals surface area contributed by atoms with Gasteiger partial charge in [-0.15, -0.1) is 0 Å². The van der Waals surface area contributed by atoms with Crippen LogP contribution in [0.1, 0.15) is 18.5 Å². The summed E-state index contributed by atoms with van der Waals surface area (Å²) in [5.41, 5.74) is 9.89. The average molecular weight is 281 g/mol. The molecule has 0 spiro atoms. The fourth-order valence-electron chi connectivity index (χ4n) is 2.21. The van der Waals surface area contributed by atoms with Gasteiger partial charge in [-0.3, -0.25) is 0 Å². The highest BCUT2D eigenvalue weighted by molar-refractivity contribution is 5.63. The molecule has 0 saturated heterocycles. The summed E-state index contributed by atoms with van der Waals surface area (Å²) in [5.74, 6) is -0.254. The molecule has 106 valence electrons. The molecule has 0 aliphatic heterocycles. The monoisotopic (exact) mass is 281 g/mol. The third kappa shape index (κ3) is 2.85. The normalized spacial score (nSPS) is 12.3. The minimum absolute atomic E-state index is 0.00269. The molecule has 2 N–H and O–H groups in total. The number of nitrogens with zero attached hydrogens (tertiary/aromatic N) is 2. The van der Waals surface area contributed by atoms with Gasteiger partial charge in [-0.2, -0.15) is 5.10 Å². The molecule has 0 saturated carbocycles. The first kappa shape index (κ1) is 13.5. The number of aromatic nitrogens is 2. The van der Waals surface area contributed by atoms with E-state index in [1.54, 1.807) is 23.0 Å². The summed E-state index contributed by atoms with van der Waals surface area (Å²) in [5, 5.41) is 4.33. The summed E-state index contributed by atoms with van der Waals surface area (Å²) in [4.78, 5) is 0. The van der Waals surface area contributed by atoms with Gasteiger partial charge in [0.15, 0.2) is 0 Å². The standard InChI is InChI=1S/C17H16FN3/c1-12(19)13-3-2-4-14(9-13)15-10-20-21(11-15)17-7-5-16(18)6-8-17/h2-12H,19H2,1H3/t12-/m1/s1. The van der Waals surface area contributed by atoms with E-state index in [0.29, 0.717) is 0 Å². The molecule has 1 heterocycles. The van der Waals surface area contributed by atoms with Crippen LogP contribution in [-0.4, -0.2) is 9.78 Å². The van der Waals surface area contributed by atoms with Crippen LogP contribution in [0.5, 0.6) is 0 Å². The number of rotatable bonds is 3. The van der Waals surface area contributed by atoms with Crippen LogP contribution in [0.4, 0.5) is 4.39 Å². The number of halogens is 1. The molecular weight excluding hydrogens is 265 g/mol. The number of hydrogen-bond acceptors (Lipinski definition) is 2. The van der Waals surface area contributed by atoms with Gasteiger partial charge in [0.1, 0.15) is 5.82 Å². The molecule has 1 aromatic heterocycles. The molecule has 4 heteroatoms. The lowest BCUT2D eigenvalue weighted by Gasteiger charge is -2.06. The Morgan fingerprint density at radius 3 is 2.57 bits per heavy atom. The Hall–Kier alpha value is -2.46. The zero-order chi connectivity index (χ0) is 14.8. The minimum atomic E-state index is -0.254. The van der Waals surface area contributed by atoms with E-state index in [-0.39, 0.29) is 11.9 Å². The highest BCUT2D eigenvalue weighted by Gasteiger charge is 2.06. The van der Waals surface area contributed by atoms with Crippen LogP contribution in [-0.2, 0) is 0 Å². The topological polar surface area (TPSA) is 43.8 Å². The quantitative estimate of drug-likeness (QED) is 0.795. The van der Waals surface area contributed by atoms with Crippen molar-refractivity contribution in [2.45, 2.75) is 13.0 Å². The summed E-state index contributed by atoms with van der Waals surface area (Å²) < 4.78 is 14.7. The number of benzene rings is 2. The second-order valence-electron chi connectivity index (χ2n) is 5.06. The molecule has 21 heavy (non-hydrogen) atoms. The maximum Gasteiger partial charge on any atom is 0.123 e. The Morgan fingerprint density at radius 1 is 1.10 bits per heavy atom. The van der Waals surface area contributed by atoms with Crippen molar-refractivity contribution < 1.29 is 4.39 Å². The van der Waals surface area contributed by atoms with Gasteiger partial charge in [0.25, 0.3) is 0 Å². The summed E-state index contributed by atoms with van der Waals surface area (Å²) in [6, 6.07) is 14.3. The highest BCUT2D eigenvalue weighted by Crippen LogP contribution is 2.23. The molecule has 3 nitrogen and oxygen atoms in total. The third-order valence-electron chi connectivity index (χ3n) is 3.42. The van der Waals surface area contributed by atoms with Gasteiger partial charge in [0.05, 0.1) is 11.9 Å². The average Bonchev–Trinajstić information content (AvgIpc) is 2.98. The zero-order valence-corrected chi connectivity index (χ0v) is 11.7. The molecular formula is C17H16FN3. The summed E-state index contributed by atoms with van der Waals surface area (Å²) in [6.45, 7) is 1.96. The molecule has 0 aliphatic carbocycles. The fourth-order valence-corrected chi connectivity index (χ4v) is 2.21. The molecule has 0 bridgehead atoms. The maximum atomic E-state index is 13.0. The molecule has 0 radical (unpaired) electrons. The smallest absolute Gasteiger partial charge is 0.123 e. The van der Waals surface area contributed by atoms with E-state index in [0.717, 1.165) is 22.4 Å². The van der Waals surface area contributed by atoms with E-state index in [9.17, 15) is 4.39 Å². The molecule has 2 aromatic carbocycles. The van der Waals surface area contributed by atoms with Crippen LogP contribution in [0.2, 0.25) is 0 Å². The van der Waals surface area contributed by atoms with Crippen molar-refractivity contribution >= 4 is 0 Å². The van der Waals surface area contributed by atoms with Crippen LogP contribution in [0, 0.1) is 5.82 Å². The van der Waals surface area contributed by atoms with Gasteiger partial charge < -0.3 is 5.73 Å². The lowest BCUT2D eigenvalue weighted by molar-refractivity contribution is 0.627. The largest absolute Gasteiger partial charge is 0.324 e. The molecule has 0 amide bonds. The van der Waals surface area contributed by atoms with Gasteiger partial charge in [-0.25, -0.2) is 9.07 Å². The van der Waals surface area contributed by atoms with E-state index < -0.39 is 0 Å². The summed E-state index contributed by atoms with van der Waals surface area (Å²) >= 11 is 0. The second-order valence-corrected chi connectivity index (χ2v) is 5.06. The van der Waals surface area contributed by atoms with Gasteiger partial charge in [0, 0.05) is 17.8 Å². The van der Waals surface area contributed by atoms with E-state index in [1.165, 1.54) is 12.1 Å². The SMILES string of the molecule is C[C@@H](N)c1cccc(-c2cnn(-c3ccc(F)cc3)c2)c1. The van der Waals surface area contributed by atoms with Crippen molar-refractivity contribution in [1.82, 2.24) is 9.78 Å². The van der Waals surface area contributed by atoms with E-state index in [2.05, 4.69) is 11.2 Å². The van der Waals surface area contributed by atoms with Crippen LogP contribution < -0.4 is 5.73 Å². The lowest BCUT2D eigenvalue weighted by Crippen LogP contribution is -2.04. The van der Waals surface area contributed by atoms with Crippen LogP contribution in [0.15, 0.2) is 60.9 Å². The minimum Gasteiger partial charge on any atom is -0.324 e. The van der Waals surface area contributed by atoms with Crippen LogP contribution in [0.3, 0.4) is 0 Å². The first-order valence-electron chi connectivity index (χ1n) is 6.80. The Kier molecular flexibility index (Phi) is 3.54. The number of nitrogens with two attached hydrogens (primary N) is 1. The van der Waals surface area contributed by atoms with Gasteiger partial charge in [-0.1, -0.05) is 18.2 Å². The van der Waals surface area contributed by atoms with Crippen molar-refractivity contribution in [3.63, 3.8) is 0 Å². The van der Waals surface area contributed by atoms with Gasteiger partial charge in [0.2, 0.25) is 0 Å². The summed E-state index contributed by atoms with van der Waals surface area (Å²) in [7, 11) is 0. The van der Waals surface area contributed by atoms with Crippen molar-refractivity contribution in [2.24, 2.45) is 5.73 Å². The Bertz CT molecular complexity index is 745. The zero-order valence-electron chi connectivity index (χ0n) is 11.7. The highest BCUT2D eigenvalue weighted by atomic mass is 19.1. The molecule has 3 aromatic rings. The summed E-state index contributed by atoms with van der Waals surface area (Å²) in [6.07, 6.45) is 3.72. The van der Waals surface area contributed by atoms with Gasteiger partial charge >= 0.3 is 0 Å². The lowest BCUT2D eigenvalue weighted by atomic mass is 10.0. The predicted octanol–water partition coefficient (Wildman–Crippen LogP) is 3.70. The molecule has 1 atom stereocenters. The van der Waals surface area contributed by atoms with Crippen molar-refractivity contribution in [3.05, 3.63) is 72.3 Å². The fraction of sp³-hybridized carbons (Fsp3) is 0.118. The molecule has 3 rings (SSSR count). The van der Waals surface area contributed by atoms with E-state index >= 15 is 0 Å². The Labute approximate surface area is 122 Å². The number of hydrogen-bond donors (Lipinski definition) is 1. The van der Waals surface area contributed by atoms with E-state index in [1.807, 2.05) is 31.3 Å². The maximum absolute atomic E-state index is 13.0. The van der Waals surface area contributed by atoms with Crippen molar-refractivity contribution in [3.8, 4) is 16.8 Å². The predicted molar refractivity (Wildman–Crippen MR) is 81.6 cm³/mol. The second kappa shape index (κ2) is 5.50. The molecule has 0 unspecified atom stereocenters.